The van der Waals surface area contributed by atoms with Crippen LogP contribution in [0.5, 0.6) is 5.75 Å². The van der Waals surface area contributed by atoms with Gasteiger partial charge in [-0.15, -0.1) is 0 Å². The summed E-state index contributed by atoms with van der Waals surface area (Å²) < 4.78 is 5.61. The molecule has 0 aromatic heterocycles. The predicted octanol–water partition coefficient (Wildman–Crippen LogP) is 4.45. The molecule has 1 amide bonds. The van der Waals surface area contributed by atoms with Crippen LogP contribution in [0.3, 0.4) is 0 Å². The molecule has 110 valence electrons. The quantitative estimate of drug-likeness (QED) is 0.801. The standard InChI is InChI=1S/C17H18ClNO2/c1-13-6-4-7-14(12-13)21-11-5-10-17(20)19-16-9-3-2-8-15(16)18/h2-4,6-9,12H,5,10-11H2,1H3,(H,19,20). The van der Waals surface area contributed by atoms with Gasteiger partial charge in [0.25, 0.3) is 0 Å². The van der Waals surface area contributed by atoms with Crippen molar-refractivity contribution in [1.82, 2.24) is 0 Å². The van der Waals surface area contributed by atoms with Crippen LogP contribution < -0.4 is 10.1 Å². The fraction of sp³-hybridized carbons (Fsp3) is 0.235. The summed E-state index contributed by atoms with van der Waals surface area (Å²) in [5, 5.41) is 3.33. The zero-order chi connectivity index (χ0) is 15.1. The minimum atomic E-state index is -0.0593. The molecule has 21 heavy (non-hydrogen) atoms. The van der Waals surface area contributed by atoms with Crippen molar-refractivity contribution in [3.63, 3.8) is 0 Å². The van der Waals surface area contributed by atoms with Crippen molar-refractivity contribution in [2.75, 3.05) is 11.9 Å². The number of carbonyl (C=O) groups is 1. The first-order chi connectivity index (χ1) is 10.1. The van der Waals surface area contributed by atoms with Crippen LogP contribution >= 0.6 is 11.6 Å². The number of para-hydroxylation sites is 1. The summed E-state index contributed by atoms with van der Waals surface area (Å²) >= 11 is 5.99. The molecule has 0 heterocycles. The van der Waals surface area contributed by atoms with Gasteiger partial charge < -0.3 is 10.1 Å². The molecule has 0 aliphatic rings. The topological polar surface area (TPSA) is 38.3 Å². The first kappa shape index (κ1) is 15.4. The van der Waals surface area contributed by atoms with Crippen LogP contribution in [0.2, 0.25) is 5.02 Å². The number of hydrogen-bond acceptors (Lipinski definition) is 2. The Kier molecular flexibility index (Phi) is 5.64. The number of aryl methyl sites for hydroxylation is 1. The molecule has 0 radical (unpaired) electrons. The molecule has 4 heteroatoms. The molecule has 0 aliphatic carbocycles. The summed E-state index contributed by atoms with van der Waals surface area (Å²) in [6.45, 7) is 2.53. The normalized spacial score (nSPS) is 10.2. The molecule has 0 bridgehead atoms. The lowest BCUT2D eigenvalue weighted by Gasteiger charge is -2.08. The Labute approximate surface area is 129 Å². The second kappa shape index (κ2) is 7.70. The molecule has 0 atom stereocenters. The average molecular weight is 304 g/mol. The van der Waals surface area contributed by atoms with E-state index in [-0.39, 0.29) is 5.91 Å². The van der Waals surface area contributed by atoms with E-state index in [1.54, 1.807) is 12.1 Å². The predicted molar refractivity (Wildman–Crippen MR) is 86.0 cm³/mol. The minimum Gasteiger partial charge on any atom is -0.494 e. The molecule has 2 rings (SSSR count). The monoisotopic (exact) mass is 303 g/mol. The maximum absolute atomic E-state index is 11.8. The molecule has 2 aromatic rings. The zero-order valence-corrected chi connectivity index (χ0v) is 12.7. The highest BCUT2D eigenvalue weighted by molar-refractivity contribution is 6.33. The van der Waals surface area contributed by atoms with Crippen molar-refractivity contribution in [1.29, 1.82) is 0 Å². The van der Waals surface area contributed by atoms with E-state index in [9.17, 15) is 4.79 Å². The molecule has 3 nitrogen and oxygen atoms in total. The van der Waals surface area contributed by atoms with Crippen LogP contribution in [-0.2, 0) is 4.79 Å². The molecular weight excluding hydrogens is 286 g/mol. The summed E-state index contributed by atoms with van der Waals surface area (Å²) in [5.41, 5.74) is 1.80. The van der Waals surface area contributed by atoms with Gasteiger partial charge >= 0.3 is 0 Å². The molecule has 0 saturated carbocycles. The number of ether oxygens (including phenoxy) is 1. The van der Waals surface area contributed by atoms with Crippen LogP contribution in [0, 0.1) is 6.92 Å². The molecule has 2 aromatic carbocycles. The number of halogens is 1. The fourth-order valence-corrected chi connectivity index (χ4v) is 2.09. The third kappa shape index (κ3) is 5.12. The van der Waals surface area contributed by atoms with Crippen molar-refractivity contribution in [2.45, 2.75) is 19.8 Å². The Hall–Kier alpha value is -2.00. The van der Waals surface area contributed by atoms with Gasteiger partial charge in [0.2, 0.25) is 5.91 Å². The van der Waals surface area contributed by atoms with Gasteiger partial charge in [-0.1, -0.05) is 35.9 Å². The number of rotatable bonds is 6. The van der Waals surface area contributed by atoms with Crippen LogP contribution in [0.4, 0.5) is 5.69 Å². The van der Waals surface area contributed by atoms with E-state index in [1.165, 1.54) is 0 Å². The van der Waals surface area contributed by atoms with Gasteiger partial charge in [0.1, 0.15) is 5.75 Å². The summed E-state index contributed by atoms with van der Waals surface area (Å²) in [6.07, 6.45) is 1.06. The average Bonchev–Trinajstić information content (AvgIpc) is 2.46. The molecule has 0 saturated heterocycles. The second-order valence-corrected chi connectivity index (χ2v) is 5.20. The molecule has 0 spiro atoms. The van der Waals surface area contributed by atoms with Crippen molar-refractivity contribution in [3.05, 3.63) is 59.1 Å². The van der Waals surface area contributed by atoms with Crippen LogP contribution in [0.25, 0.3) is 0 Å². The summed E-state index contributed by atoms with van der Waals surface area (Å²) in [6, 6.07) is 15.1. The van der Waals surface area contributed by atoms with E-state index < -0.39 is 0 Å². The first-order valence-electron chi connectivity index (χ1n) is 6.89. The highest BCUT2D eigenvalue weighted by atomic mass is 35.5. The number of anilines is 1. The summed E-state index contributed by atoms with van der Waals surface area (Å²) in [5.74, 6) is 0.775. The van der Waals surface area contributed by atoms with Crippen molar-refractivity contribution < 1.29 is 9.53 Å². The number of carbonyl (C=O) groups excluding carboxylic acids is 1. The summed E-state index contributed by atoms with van der Waals surface area (Å²) in [7, 11) is 0. The zero-order valence-electron chi connectivity index (χ0n) is 11.9. The number of nitrogens with one attached hydrogen (secondary N) is 1. The lowest BCUT2D eigenvalue weighted by molar-refractivity contribution is -0.116. The van der Waals surface area contributed by atoms with Gasteiger partial charge in [0.15, 0.2) is 0 Å². The van der Waals surface area contributed by atoms with Gasteiger partial charge in [-0.3, -0.25) is 4.79 Å². The Balaban J connectivity index is 1.71. The molecule has 1 N–H and O–H groups in total. The molecular formula is C17H18ClNO2. The number of benzene rings is 2. The van der Waals surface area contributed by atoms with E-state index in [2.05, 4.69) is 5.32 Å². The third-order valence-corrected chi connectivity index (χ3v) is 3.28. The second-order valence-electron chi connectivity index (χ2n) is 4.80. The van der Waals surface area contributed by atoms with Gasteiger partial charge in [0, 0.05) is 6.42 Å². The van der Waals surface area contributed by atoms with Crippen molar-refractivity contribution >= 4 is 23.2 Å². The number of hydrogen-bond donors (Lipinski definition) is 1. The molecule has 0 aliphatic heterocycles. The Morgan fingerprint density at radius 3 is 2.76 bits per heavy atom. The Bertz CT molecular complexity index is 613. The van der Waals surface area contributed by atoms with Gasteiger partial charge in [-0.25, -0.2) is 0 Å². The van der Waals surface area contributed by atoms with E-state index in [1.807, 2.05) is 43.3 Å². The van der Waals surface area contributed by atoms with Gasteiger partial charge in [-0.2, -0.15) is 0 Å². The lowest BCUT2D eigenvalue weighted by Crippen LogP contribution is -2.13. The maximum atomic E-state index is 11.8. The molecule has 0 fully saturated rings. The van der Waals surface area contributed by atoms with E-state index in [0.717, 1.165) is 11.3 Å². The minimum absolute atomic E-state index is 0.0593. The smallest absolute Gasteiger partial charge is 0.224 e. The van der Waals surface area contributed by atoms with Gasteiger partial charge in [0.05, 0.1) is 17.3 Å². The largest absolute Gasteiger partial charge is 0.494 e. The van der Waals surface area contributed by atoms with Crippen molar-refractivity contribution in [3.8, 4) is 5.75 Å². The van der Waals surface area contributed by atoms with E-state index >= 15 is 0 Å². The van der Waals surface area contributed by atoms with Crippen LogP contribution in [0.1, 0.15) is 18.4 Å². The number of amides is 1. The maximum Gasteiger partial charge on any atom is 0.224 e. The Morgan fingerprint density at radius 2 is 2.00 bits per heavy atom. The highest BCUT2D eigenvalue weighted by Gasteiger charge is 2.05. The van der Waals surface area contributed by atoms with Crippen LogP contribution in [0.15, 0.2) is 48.5 Å². The lowest BCUT2D eigenvalue weighted by atomic mass is 10.2. The SMILES string of the molecule is Cc1cccc(OCCCC(=O)Nc2ccccc2Cl)c1. The van der Waals surface area contributed by atoms with Crippen LogP contribution in [-0.4, -0.2) is 12.5 Å². The first-order valence-corrected chi connectivity index (χ1v) is 7.27. The van der Waals surface area contributed by atoms with E-state index in [0.29, 0.717) is 30.2 Å². The Morgan fingerprint density at radius 1 is 1.19 bits per heavy atom. The van der Waals surface area contributed by atoms with Gasteiger partial charge in [-0.05, 0) is 43.2 Å². The highest BCUT2D eigenvalue weighted by Crippen LogP contribution is 2.20. The van der Waals surface area contributed by atoms with E-state index in [4.69, 9.17) is 16.3 Å². The molecule has 0 unspecified atom stereocenters. The summed E-state index contributed by atoms with van der Waals surface area (Å²) in [4.78, 5) is 11.8. The van der Waals surface area contributed by atoms with Crippen molar-refractivity contribution in [2.24, 2.45) is 0 Å². The fourth-order valence-electron chi connectivity index (χ4n) is 1.90. The third-order valence-electron chi connectivity index (χ3n) is 2.95.